The van der Waals surface area contributed by atoms with Gasteiger partial charge in [-0.2, -0.15) is 18.3 Å². The first kappa shape index (κ1) is 27.1. The Kier molecular flexibility index (Phi) is 6.44. The predicted molar refractivity (Wildman–Crippen MR) is 149 cm³/mol. The molecule has 1 saturated carbocycles. The van der Waals surface area contributed by atoms with Crippen LogP contribution in [0.15, 0.2) is 54.7 Å². The van der Waals surface area contributed by atoms with E-state index in [0.717, 1.165) is 23.0 Å². The van der Waals surface area contributed by atoms with E-state index in [-0.39, 0.29) is 40.0 Å². The summed E-state index contributed by atoms with van der Waals surface area (Å²) in [5.41, 5.74) is 7.37. The highest BCUT2D eigenvalue weighted by molar-refractivity contribution is 6.00. The van der Waals surface area contributed by atoms with Gasteiger partial charge in [0.2, 0.25) is 0 Å². The summed E-state index contributed by atoms with van der Waals surface area (Å²) in [5, 5.41) is 4.01. The van der Waals surface area contributed by atoms with Crippen molar-refractivity contribution in [3.8, 4) is 17.0 Å². The smallest absolute Gasteiger partial charge is 0.433 e. The van der Waals surface area contributed by atoms with Crippen LogP contribution in [-0.4, -0.2) is 63.1 Å². The lowest BCUT2D eigenvalue weighted by Gasteiger charge is -2.44. The van der Waals surface area contributed by atoms with E-state index in [1.54, 1.807) is 29.2 Å². The Labute approximate surface area is 235 Å². The molecule has 0 bridgehead atoms. The molecule has 2 aromatic carbocycles. The van der Waals surface area contributed by atoms with Gasteiger partial charge >= 0.3 is 6.18 Å². The number of hydrogen-bond donors (Lipinski definition) is 1. The third-order valence-electron chi connectivity index (χ3n) is 8.39. The molecule has 1 aliphatic heterocycles. The van der Waals surface area contributed by atoms with Crippen LogP contribution in [0.25, 0.3) is 16.9 Å². The molecule has 8 nitrogen and oxygen atoms in total. The zero-order valence-electron chi connectivity index (χ0n) is 23.1. The number of ether oxygens (including phenoxy) is 1. The molecule has 41 heavy (non-hydrogen) atoms. The summed E-state index contributed by atoms with van der Waals surface area (Å²) in [6.45, 7) is 5.05. The Balaban J connectivity index is 1.33. The molecule has 11 heteroatoms. The van der Waals surface area contributed by atoms with Crippen LogP contribution in [0.3, 0.4) is 0 Å². The van der Waals surface area contributed by atoms with E-state index in [9.17, 15) is 18.0 Å². The van der Waals surface area contributed by atoms with Gasteiger partial charge in [-0.1, -0.05) is 12.1 Å². The minimum atomic E-state index is -4.71. The van der Waals surface area contributed by atoms with Crippen LogP contribution >= 0.6 is 0 Å². The molecule has 4 aromatic rings. The van der Waals surface area contributed by atoms with E-state index in [0.29, 0.717) is 30.9 Å². The van der Waals surface area contributed by atoms with Crippen LogP contribution in [0, 0.1) is 6.92 Å². The van der Waals surface area contributed by atoms with Crippen molar-refractivity contribution in [1.29, 1.82) is 0 Å². The molecule has 1 amide bonds. The van der Waals surface area contributed by atoms with Crippen LogP contribution in [-0.2, 0) is 11.7 Å². The number of nitrogens with zero attached hydrogens (tertiary/aromatic N) is 5. The number of benzene rings is 2. The fraction of sp³-hybridized carbons (Fsp3) is 0.367. The molecule has 0 spiro atoms. The van der Waals surface area contributed by atoms with Gasteiger partial charge in [-0.25, -0.2) is 9.50 Å². The third kappa shape index (κ3) is 4.57. The van der Waals surface area contributed by atoms with Gasteiger partial charge in [-0.05, 0) is 68.7 Å². The second-order valence-electron chi connectivity index (χ2n) is 10.9. The van der Waals surface area contributed by atoms with Crippen molar-refractivity contribution in [2.24, 2.45) is 0 Å². The van der Waals surface area contributed by atoms with Crippen LogP contribution in [0.5, 0.6) is 5.75 Å². The largest absolute Gasteiger partial charge is 0.497 e. The Morgan fingerprint density at radius 3 is 2.46 bits per heavy atom. The van der Waals surface area contributed by atoms with Crippen molar-refractivity contribution < 1.29 is 22.7 Å². The fourth-order valence-corrected chi connectivity index (χ4v) is 6.12. The zero-order chi connectivity index (χ0) is 29.1. The van der Waals surface area contributed by atoms with Crippen molar-refractivity contribution in [1.82, 2.24) is 24.4 Å². The van der Waals surface area contributed by atoms with Crippen molar-refractivity contribution in [2.45, 2.75) is 44.4 Å². The van der Waals surface area contributed by atoms with Crippen LogP contribution in [0.4, 0.5) is 18.9 Å². The minimum Gasteiger partial charge on any atom is -0.497 e. The summed E-state index contributed by atoms with van der Waals surface area (Å²) in [5.74, 6) is 0.187. The summed E-state index contributed by atoms with van der Waals surface area (Å²) in [7, 11) is 1.51. The lowest BCUT2D eigenvalue weighted by Crippen LogP contribution is -2.56. The first-order valence-corrected chi connectivity index (χ1v) is 13.6. The first-order valence-electron chi connectivity index (χ1n) is 13.6. The van der Waals surface area contributed by atoms with Gasteiger partial charge in [-0.3, -0.25) is 9.69 Å². The molecule has 2 N–H and O–H groups in total. The number of carbonyl (C=O) groups is 1. The highest BCUT2D eigenvalue weighted by atomic mass is 19.4. The Bertz CT molecular complexity index is 1630. The number of nitrogen functional groups attached to an aromatic ring is 1. The third-order valence-corrected chi connectivity index (χ3v) is 8.39. The average molecular weight is 565 g/mol. The van der Waals surface area contributed by atoms with Gasteiger partial charge in [0.05, 0.1) is 19.0 Å². The first-order chi connectivity index (χ1) is 19.5. The molecule has 0 radical (unpaired) electrons. The number of aromatic nitrogens is 3. The molecule has 2 aliphatic rings. The molecule has 214 valence electrons. The molecule has 1 atom stereocenters. The Morgan fingerprint density at radius 1 is 1.12 bits per heavy atom. The Hall–Kier alpha value is -4.12. The van der Waals surface area contributed by atoms with E-state index in [1.807, 2.05) is 25.1 Å². The number of fused-ring (bicyclic) bond motifs is 1. The number of halogens is 3. The maximum absolute atomic E-state index is 14.3. The lowest BCUT2D eigenvalue weighted by molar-refractivity contribution is -0.143. The maximum atomic E-state index is 14.3. The summed E-state index contributed by atoms with van der Waals surface area (Å²) in [6, 6.07) is 14.4. The van der Waals surface area contributed by atoms with Crippen LogP contribution in [0.1, 0.15) is 46.9 Å². The highest BCUT2D eigenvalue weighted by Gasteiger charge is 2.51. The number of hydrogen-bond acceptors (Lipinski definition) is 6. The molecule has 1 saturated heterocycles. The molecule has 2 aromatic heterocycles. The normalized spacial score (nSPS) is 19.0. The number of anilines is 1. The number of piperazine rings is 1. The lowest BCUT2D eigenvalue weighted by atomic mass is 9.99. The summed E-state index contributed by atoms with van der Waals surface area (Å²) in [4.78, 5) is 22.5. The molecule has 2 fully saturated rings. The maximum Gasteiger partial charge on any atom is 0.433 e. The van der Waals surface area contributed by atoms with Crippen molar-refractivity contribution in [3.05, 3.63) is 77.1 Å². The molecule has 6 rings (SSSR count). The van der Waals surface area contributed by atoms with Crippen molar-refractivity contribution >= 4 is 17.2 Å². The van der Waals surface area contributed by atoms with E-state index in [2.05, 4.69) is 21.0 Å². The van der Waals surface area contributed by atoms with Gasteiger partial charge in [-0.15, -0.1) is 0 Å². The minimum absolute atomic E-state index is 0.0440. The molecule has 3 heterocycles. The van der Waals surface area contributed by atoms with Crippen molar-refractivity contribution in [3.63, 3.8) is 0 Å². The standard InChI is InChI=1S/C30H31F3N6O2/c1-18-17-37(29(11-12-29)21-5-4-6-22(34)15-21)13-14-38(18)28(40)24-16-35-39-26(30(31,32)33)19(2)25(36-27(24)39)20-7-9-23(41-3)10-8-20/h4-10,15-16,18H,11-14,17,34H2,1-3H3/t18-/m1/s1. The average Bonchev–Trinajstić information content (AvgIpc) is 3.66. The highest BCUT2D eigenvalue weighted by Crippen LogP contribution is 2.52. The van der Waals surface area contributed by atoms with Gasteiger partial charge in [0.15, 0.2) is 11.3 Å². The number of rotatable bonds is 5. The van der Waals surface area contributed by atoms with Crippen LogP contribution in [0.2, 0.25) is 0 Å². The zero-order valence-corrected chi connectivity index (χ0v) is 23.1. The number of amides is 1. The van der Waals surface area contributed by atoms with Gasteiger partial charge < -0.3 is 15.4 Å². The van der Waals surface area contributed by atoms with Gasteiger partial charge in [0, 0.05) is 48.0 Å². The fourth-order valence-electron chi connectivity index (χ4n) is 6.12. The summed E-state index contributed by atoms with van der Waals surface area (Å²) < 4.78 is 48.9. The predicted octanol–water partition coefficient (Wildman–Crippen LogP) is 5.15. The molecular weight excluding hydrogens is 533 g/mol. The van der Waals surface area contributed by atoms with Crippen molar-refractivity contribution in [2.75, 3.05) is 32.5 Å². The SMILES string of the molecule is COc1ccc(-c2nc3c(C(=O)N4CCN(C5(c6cccc(N)c6)CC5)C[C@H]4C)cnn3c(C(F)(F)F)c2C)cc1. The summed E-state index contributed by atoms with van der Waals surface area (Å²) in [6.07, 6.45) is -1.48. The second-order valence-corrected chi connectivity index (χ2v) is 10.9. The van der Waals surface area contributed by atoms with E-state index >= 15 is 0 Å². The second kappa shape index (κ2) is 9.76. The molecular formula is C30H31F3N6O2. The molecule has 1 aliphatic carbocycles. The number of nitrogens with two attached hydrogens (primary N) is 1. The monoisotopic (exact) mass is 564 g/mol. The van der Waals surface area contributed by atoms with E-state index in [4.69, 9.17) is 10.5 Å². The number of alkyl halides is 3. The number of carbonyl (C=O) groups excluding carboxylic acids is 1. The molecule has 0 unspecified atom stereocenters. The van der Waals surface area contributed by atoms with Gasteiger partial charge in [0.1, 0.15) is 11.3 Å². The Morgan fingerprint density at radius 2 is 1.85 bits per heavy atom. The number of methoxy groups -OCH3 is 1. The van der Waals surface area contributed by atoms with E-state index in [1.165, 1.54) is 25.8 Å². The topological polar surface area (TPSA) is 89.0 Å². The van der Waals surface area contributed by atoms with Gasteiger partial charge in [0.25, 0.3) is 5.91 Å². The van der Waals surface area contributed by atoms with E-state index < -0.39 is 11.9 Å². The summed E-state index contributed by atoms with van der Waals surface area (Å²) >= 11 is 0. The van der Waals surface area contributed by atoms with Crippen LogP contribution < -0.4 is 10.5 Å². The quantitative estimate of drug-likeness (QED) is 0.338.